The molecule has 0 spiro atoms. The molecule has 0 unspecified atom stereocenters. The third kappa shape index (κ3) is 2.77. The Balaban J connectivity index is 2.83. The number of methoxy groups -OCH3 is 1. The molecule has 0 saturated carbocycles. The van der Waals surface area contributed by atoms with Crippen LogP contribution < -0.4 is 0 Å². The molecular weight excluding hydrogens is 241 g/mol. The first-order chi connectivity index (χ1) is 6.13. The number of ether oxygens (including phenoxy) is 1. The van der Waals surface area contributed by atoms with Crippen LogP contribution >= 0.6 is 15.9 Å². The van der Waals surface area contributed by atoms with Gasteiger partial charge in [0.2, 0.25) is 5.95 Å². The number of hydrogen-bond donors (Lipinski definition) is 0. The van der Waals surface area contributed by atoms with Gasteiger partial charge in [-0.05, 0) is 5.56 Å². The first-order valence-corrected chi connectivity index (χ1v) is 4.29. The minimum Gasteiger partial charge on any atom is -0.469 e. The SMILES string of the molecule is COC(=O)Cc1cnc(F)cc1Br. The summed E-state index contributed by atoms with van der Waals surface area (Å²) in [4.78, 5) is 14.3. The fraction of sp³-hybridized carbons (Fsp3) is 0.250. The van der Waals surface area contributed by atoms with Crippen molar-refractivity contribution in [2.45, 2.75) is 6.42 Å². The van der Waals surface area contributed by atoms with Crippen LogP contribution in [0.4, 0.5) is 4.39 Å². The van der Waals surface area contributed by atoms with E-state index in [2.05, 4.69) is 25.7 Å². The van der Waals surface area contributed by atoms with Gasteiger partial charge in [-0.3, -0.25) is 4.79 Å². The zero-order chi connectivity index (χ0) is 9.84. The van der Waals surface area contributed by atoms with E-state index >= 15 is 0 Å². The summed E-state index contributed by atoms with van der Waals surface area (Å²) in [5.41, 5.74) is 0.605. The maximum Gasteiger partial charge on any atom is 0.310 e. The highest BCUT2D eigenvalue weighted by atomic mass is 79.9. The maximum absolute atomic E-state index is 12.5. The fourth-order valence-corrected chi connectivity index (χ4v) is 1.22. The van der Waals surface area contributed by atoms with Gasteiger partial charge in [0, 0.05) is 16.7 Å². The van der Waals surface area contributed by atoms with Gasteiger partial charge >= 0.3 is 5.97 Å². The van der Waals surface area contributed by atoms with Crippen LogP contribution in [0.3, 0.4) is 0 Å². The minimum absolute atomic E-state index is 0.0877. The highest BCUT2D eigenvalue weighted by Crippen LogP contribution is 2.16. The van der Waals surface area contributed by atoms with Gasteiger partial charge in [0.1, 0.15) is 0 Å². The molecule has 0 N–H and O–H groups in total. The molecule has 70 valence electrons. The standard InChI is InChI=1S/C8H7BrFNO2/c1-13-8(12)2-5-4-11-7(10)3-6(5)9/h3-4H,2H2,1H3. The zero-order valence-corrected chi connectivity index (χ0v) is 8.47. The molecule has 0 aliphatic rings. The lowest BCUT2D eigenvalue weighted by Crippen LogP contribution is -2.05. The van der Waals surface area contributed by atoms with Crippen LogP contribution in [-0.2, 0) is 16.0 Å². The van der Waals surface area contributed by atoms with Crippen molar-refractivity contribution in [1.29, 1.82) is 0 Å². The molecule has 13 heavy (non-hydrogen) atoms. The third-order valence-electron chi connectivity index (χ3n) is 1.46. The van der Waals surface area contributed by atoms with Crippen LogP contribution in [0.25, 0.3) is 0 Å². The molecule has 0 amide bonds. The molecule has 0 atom stereocenters. The van der Waals surface area contributed by atoms with Crippen molar-refractivity contribution in [2.24, 2.45) is 0 Å². The van der Waals surface area contributed by atoms with E-state index in [-0.39, 0.29) is 12.4 Å². The molecule has 0 aliphatic carbocycles. The number of nitrogens with zero attached hydrogens (tertiary/aromatic N) is 1. The Morgan fingerprint density at radius 2 is 2.46 bits per heavy atom. The lowest BCUT2D eigenvalue weighted by Gasteiger charge is -2.01. The van der Waals surface area contributed by atoms with Crippen LogP contribution in [-0.4, -0.2) is 18.1 Å². The normalized spacial score (nSPS) is 9.77. The van der Waals surface area contributed by atoms with Gasteiger partial charge in [-0.15, -0.1) is 0 Å². The Hall–Kier alpha value is -0.970. The molecule has 0 bridgehead atoms. The summed E-state index contributed by atoms with van der Waals surface area (Å²) >= 11 is 3.12. The van der Waals surface area contributed by atoms with Crippen LogP contribution in [0, 0.1) is 5.95 Å². The van der Waals surface area contributed by atoms with Gasteiger partial charge < -0.3 is 4.74 Å². The quantitative estimate of drug-likeness (QED) is 0.590. The smallest absolute Gasteiger partial charge is 0.310 e. The number of carbonyl (C=O) groups excluding carboxylic acids is 1. The number of hydrogen-bond acceptors (Lipinski definition) is 3. The number of carbonyl (C=O) groups is 1. The second-order valence-corrected chi connectivity index (χ2v) is 3.21. The van der Waals surface area contributed by atoms with Crippen molar-refractivity contribution in [2.75, 3.05) is 7.11 Å². The molecule has 3 nitrogen and oxygen atoms in total. The van der Waals surface area contributed by atoms with Gasteiger partial charge in [0.25, 0.3) is 0 Å². The fourth-order valence-electron chi connectivity index (χ4n) is 0.794. The van der Waals surface area contributed by atoms with Gasteiger partial charge in [0.05, 0.1) is 13.5 Å². The van der Waals surface area contributed by atoms with E-state index in [0.29, 0.717) is 10.0 Å². The first-order valence-electron chi connectivity index (χ1n) is 3.50. The molecule has 0 saturated heterocycles. The number of aromatic nitrogens is 1. The first kappa shape index (κ1) is 10.1. The number of halogens is 2. The van der Waals surface area contributed by atoms with Gasteiger partial charge in [0.15, 0.2) is 0 Å². The van der Waals surface area contributed by atoms with Crippen LogP contribution in [0.2, 0.25) is 0 Å². The highest BCUT2D eigenvalue weighted by Gasteiger charge is 2.07. The number of esters is 1. The monoisotopic (exact) mass is 247 g/mol. The van der Waals surface area contributed by atoms with E-state index in [4.69, 9.17) is 0 Å². The Morgan fingerprint density at radius 1 is 1.77 bits per heavy atom. The predicted molar refractivity (Wildman–Crippen MR) is 47.6 cm³/mol. The van der Waals surface area contributed by atoms with E-state index in [9.17, 15) is 9.18 Å². The van der Waals surface area contributed by atoms with Crippen molar-refractivity contribution in [3.05, 3.63) is 28.2 Å². The summed E-state index contributed by atoms with van der Waals surface area (Å²) in [5, 5.41) is 0. The average molecular weight is 248 g/mol. The van der Waals surface area contributed by atoms with E-state index in [1.54, 1.807) is 0 Å². The summed E-state index contributed by atoms with van der Waals surface area (Å²) in [7, 11) is 1.30. The summed E-state index contributed by atoms with van der Waals surface area (Å²) in [6.07, 6.45) is 1.39. The second-order valence-electron chi connectivity index (χ2n) is 2.35. The van der Waals surface area contributed by atoms with Gasteiger partial charge in [-0.1, -0.05) is 15.9 Å². The van der Waals surface area contributed by atoms with Crippen LogP contribution in [0.5, 0.6) is 0 Å². The molecule has 1 heterocycles. The Labute approximate surface area is 83.1 Å². The van der Waals surface area contributed by atoms with Crippen molar-refractivity contribution < 1.29 is 13.9 Å². The van der Waals surface area contributed by atoms with Gasteiger partial charge in [-0.2, -0.15) is 4.39 Å². The molecule has 1 aromatic rings. The van der Waals surface area contributed by atoms with Crippen molar-refractivity contribution in [1.82, 2.24) is 4.98 Å². The van der Waals surface area contributed by atoms with E-state index in [1.807, 2.05) is 0 Å². The van der Waals surface area contributed by atoms with E-state index in [0.717, 1.165) is 0 Å². The summed E-state index contributed by atoms with van der Waals surface area (Å²) in [5.74, 6) is -0.963. The highest BCUT2D eigenvalue weighted by molar-refractivity contribution is 9.10. The maximum atomic E-state index is 12.5. The topological polar surface area (TPSA) is 39.2 Å². The van der Waals surface area contributed by atoms with E-state index < -0.39 is 5.95 Å². The average Bonchev–Trinajstić information content (AvgIpc) is 2.09. The van der Waals surface area contributed by atoms with E-state index in [1.165, 1.54) is 19.4 Å². The Kier molecular flexibility index (Phi) is 3.36. The molecule has 1 rings (SSSR count). The van der Waals surface area contributed by atoms with Crippen molar-refractivity contribution in [3.63, 3.8) is 0 Å². The molecular formula is C8H7BrFNO2. The summed E-state index contributed by atoms with van der Waals surface area (Å²) < 4.78 is 17.5. The Morgan fingerprint density at radius 3 is 3.00 bits per heavy atom. The molecule has 0 fully saturated rings. The lowest BCUT2D eigenvalue weighted by molar-refractivity contribution is -0.139. The molecule has 0 radical (unpaired) electrons. The van der Waals surface area contributed by atoms with Crippen LogP contribution in [0.1, 0.15) is 5.56 Å². The van der Waals surface area contributed by atoms with Crippen LogP contribution in [0.15, 0.2) is 16.7 Å². The largest absolute Gasteiger partial charge is 0.469 e. The minimum atomic E-state index is -0.583. The second kappa shape index (κ2) is 4.32. The third-order valence-corrected chi connectivity index (χ3v) is 2.20. The van der Waals surface area contributed by atoms with Crippen molar-refractivity contribution in [3.8, 4) is 0 Å². The molecule has 5 heteroatoms. The van der Waals surface area contributed by atoms with Gasteiger partial charge in [-0.25, -0.2) is 4.98 Å². The zero-order valence-electron chi connectivity index (χ0n) is 6.88. The summed E-state index contributed by atoms with van der Waals surface area (Å²) in [6, 6.07) is 1.21. The molecule has 0 aliphatic heterocycles. The van der Waals surface area contributed by atoms with Crippen molar-refractivity contribution >= 4 is 21.9 Å². The lowest BCUT2D eigenvalue weighted by atomic mass is 10.2. The predicted octanol–water partition coefficient (Wildman–Crippen LogP) is 1.70. The molecule has 1 aromatic heterocycles. The summed E-state index contributed by atoms with van der Waals surface area (Å²) in [6.45, 7) is 0. The molecule has 0 aromatic carbocycles. The number of rotatable bonds is 2. The number of pyridine rings is 1. The Bertz CT molecular complexity index is 330.